The number of nitrogens with zero attached hydrogens (tertiary/aromatic N) is 2. The Bertz CT molecular complexity index is 1200. The van der Waals surface area contributed by atoms with E-state index in [0.717, 1.165) is 6.07 Å². The maximum Gasteiger partial charge on any atom is 0.343 e. The molecule has 0 saturated carbocycles. The molecule has 0 radical (unpaired) electrons. The third-order valence-electron chi connectivity index (χ3n) is 5.73. The molecule has 1 aliphatic rings. The number of benzene rings is 1. The molecule has 0 saturated heterocycles. The Morgan fingerprint density at radius 1 is 1.05 bits per heavy atom. The van der Waals surface area contributed by atoms with Gasteiger partial charge >= 0.3 is 11.9 Å². The fraction of sp³-hybridized carbons (Fsp3) is 0.385. The molecule has 3 rings (SSSR count). The van der Waals surface area contributed by atoms with Gasteiger partial charge in [-0.2, -0.15) is 0 Å². The zero-order valence-corrected chi connectivity index (χ0v) is 22.4. The molecule has 0 N–H and O–H groups in total. The highest BCUT2D eigenvalue weighted by molar-refractivity contribution is 6.32. The Hall–Kier alpha value is -3.21. The van der Waals surface area contributed by atoms with Crippen LogP contribution in [0.5, 0.6) is 5.75 Å². The molecule has 1 aromatic carbocycles. The molecular weight excluding hydrogens is 542 g/mol. The number of amides is 1. The fourth-order valence-electron chi connectivity index (χ4n) is 3.81. The molecule has 12 heteroatoms. The maximum absolute atomic E-state index is 15.3. The summed E-state index contributed by atoms with van der Waals surface area (Å²) in [4.78, 5) is 43.5. The van der Waals surface area contributed by atoms with E-state index in [-0.39, 0.29) is 52.5 Å². The molecule has 0 fully saturated rings. The van der Waals surface area contributed by atoms with Crippen LogP contribution in [0.3, 0.4) is 0 Å². The molecule has 9 nitrogen and oxygen atoms in total. The number of pyridine rings is 1. The molecule has 0 spiro atoms. The topological polar surface area (TPSA) is 104 Å². The predicted octanol–water partition coefficient (Wildman–Crippen LogP) is 4.67. The van der Waals surface area contributed by atoms with Crippen LogP contribution in [-0.4, -0.2) is 56.9 Å². The SMILES string of the molecule is COCCOC(=O)C1=C(C(=O)N(Cc2ccc(Cl)nc2)c2cc(OCC(=O)OC)c(Cl)cc2F)CCCC1. The van der Waals surface area contributed by atoms with Gasteiger partial charge in [-0.05, 0) is 43.4 Å². The van der Waals surface area contributed by atoms with E-state index in [2.05, 4.69) is 9.72 Å². The van der Waals surface area contributed by atoms with Gasteiger partial charge in [-0.1, -0.05) is 29.3 Å². The van der Waals surface area contributed by atoms with Gasteiger partial charge in [-0.15, -0.1) is 0 Å². The van der Waals surface area contributed by atoms with Gasteiger partial charge in [-0.3, -0.25) is 4.79 Å². The van der Waals surface area contributed by atoms with Crippen molar-refractivity contribution in [3.05, 3.63) is 63.2 Å². The first-order valence-electron chi connectivity index (χ1n) is 11.7. The number of ether oxygens (including phenoxy) is 4. The van der Waals surface area contributed by atoms with Crippen LogP contribution in [0.4, 0.5) is 10.1 Å². The summed E-state index contributed by atoms with van der Waals surface area (Å²) in [5.41, 5.74) is 0.856. The van der Waals surface area contributed by atoms with Crippen molar-refractivity contribution in [2.24, 2.45) is 0 Å². The first kappa shape index (κ1) is 29.3. The third kappa shape index (κ3) is 7.66. The molecular formula is C26H27Cl2FN2O7. The first-order valence-corrected chi connectivity index (χ1v) is 12.5. The molecule has 1 amide bonds. The summed E-state index contributed by atoms with van der Waals surface area (Å²) < 4.78 is 35.5. The largest absolute Gasteiger partial charge is 0.480 e. The van der Waals surface area contributed by atoms with E-state index in [1.165, 1.54) is 31.4 Å². The van der Waals surface area contributed by atoms with Crippen molar-refractivity contribution >= 4 is 46.7 Å². The van der Waals surface area contributed by atoms with Gasteiger partial charge in [0, 0.05) is 30.5 Å². The van der Waals surface area contributed by atoms with Crippen molar-refractivity contribution in [1.29, 1.82) is 0 Å². The van der Waals surface area contributed by atoms with Crippen molar-refractivity contribution in [3.8, 4) is 5.75 Å². The van der Waals surface area contributed by atoms with Crippen LogP contribution in [0.15, 0.2) is 41.6 Å². The van der Waals surface area contributed by atoms with Gasteiger partial charge in [0.05, 0.1) is 31.0 Å². The number of aromatic nitrogens is 1. The molecule has 1 aromatic heterocycles. The lowest BCUT2D eigenvalue weighted by Gasteiger charge is -2.28. The number of esters is 2. The number of halogens is 3. The lowest BCUT2D eigenvalue weighted by atomic mass is 9.90. The normalized spacial score (nSPS) is 13.2. The number of carbonyl (C=O) groups excluding carboxylic acids is 3. The summed E-state index contributed by atoms with van der Waals surface area (Å²) in [6.45, 7) is -0.331. The number of carbonyl (C=O) groups is 3. The standard InChI is InChI=1S/C26H27Cl2FN2O7/c1-35-9-10-37-26(34)18-6-4-3-5-17(18)25(33)31(14-16-7-8-23(28)30-13-16)21-12-22(19(27)11-20(21)29)38-15-24(32)36-2/h7-8,11-13H,3-6,9-10,14-15H2,1-2H3. The molecule has 1 heterocycles. The molecule has 38 heavy (non-hydrogen) atoms. The minimum atomic E-state index is -0.809. The maximum atomic E-state index is 15.3. The summed E-state index contributed by atoms with van der Waals surface area (Å²) in [5, 5.41) is 0.147. The zero-order chi connectivity index (χ0) is 27.7. The van der Waals surface area contributed by atoms with Gasteiger partial charge in [0.2, 0.25) is 0 Å². The summed E-state index contributed by atoms with van der Waals surface area (Å²) in [6, 6.07) is 5.40. The zero-order valence-electron chi connectivity index (χ0n) is 20.9. The van der Waals surface area contributed by atoms with E-state index >= 15 is 4.39 Å². The average Bonchev–Trinajstić information content (AvgIpc) is 2.92. The van der Waals surface area contributed by atoms with E-state index in [0.29, 0.717) is 31.2 Å². The highest BCUT2D eigenvalue weighted by atomic mass is 35.5. The van der Waals surface area contributed by atoms with Crippen LogP contribution in [0.1, 0.15) is 31.2 Å². The van der Waals surface area contributed by atoms with E-state index in [4.69, 9.17) is 37.4 Å². The molecule has 1 aliphatic carbocycles. The van der Waals surface area contributed by atoms with Gasteiger partial charge in [-0.25, -0.2) is 19.0 Å². The van der Waals surface area contributed by atoms with Crippen molar-refractivity contribution in [1.82, 2.24) is 4.98 Å². The highest BCUT2D eigenvalue weighted by Gasteiger charge is 2.31. The minimum Gasteiger partial charge on any atom is -0.480 e. The Labute approximate surface area is 229 Å². The molecule has 0 unspecified atom stereocenters. The van der Waals surface area contributed by atoms with E-state index in [9.17, 15) is 14.4 Å². The van der Waals surface area contributed by atoms with Crippen molar-refractivity contribution in [2.75, 3.05) is 38.9 Å². The van der Waals surface area contributed by atoms with Crippen molar-refractivity contribution in [3.63, 3.8) is 0 Å². The second-order valence-corrected chi connectivity index (χ2v) is 9.07. The first-order chi connectivity index (χ1) is 18.2. The number of hydrogen-bond donors (Lipinski definition) is 0. The van der Waals surface area contributed by atoms with Crippen LogP contribution in [0, 0.1) is 5.82 Å². The predicted molar refractivity (Wildman–Crippen MR) is 138 cm³/mol. The van der Waals surface area contributed by atoms with Crippen LogP contribution >= 0.6 is 23.2 Å². The lowest BCUT2D eigenvalue weighted by Crippen LogP contribution is -2.34. The highest BCUT2D eigenvalue weighted by Crippen LogP contribution is 2.36. The number of methoxy groups -OCH3 is 2. The fourth-order valence-corrected chi connectivity index (χ4v) is 4.13. The Morgan fingerprint density at radius 3 is 2.45 bits per heavy atom. The average molecular weight is 569 g/mol. The number of anilines is 1. The van der Waals surface area contributed by atoms with Crippen LogP contribution in [0.25, 0.3) is 0 Å². The monoisotopic (exact) mass is 568 g/mol. The molecule has 204 valence electrons. The summed E-state index contributed by atoms with van der Waals surface area (Å²) in [6.07, 6.45) is 3.49. The quantitative estimate of drug-likeness (QED) is 0.219. The van der Waals surface area contributed by atoms with E-state index < -0.39 is 30.3 Å². The van der Waals surface area contributed by atoms with Gasteiger partial charge in [0.15, 0.2) is 6.61 Å². The Morgan fingerprint density at radius 2 is 1.79 bits per heavy atom. The van der Waals surface area contributed by atoms with Crippen LogP contribution < -0.4 is 9.64 Å². The van der Waals surface area contributed by atoms with Gasteiger partial charge < -0.3 is 23.8 Å². The number of hydrogen-bond acceptors (Lipinski definition) is 8. The van der Waals surface area contributed by atoms with Gasteiger partial charge in [0.25, 0.3) is 5.91 Å². The smallest absolute Gasteiger partial charge is 0.343 e. The molecule has 2 aromatic rings. The molecule has 0 atom stereocenters. The van der Waals surface area contributed by atoms with Crippen molar-refractivity contribution < 1.29 is 37.7 Å². The van der Waals surface area contributed by atoms with E-state index in [1.807, 2.05) is 0 Å². The Kier molecular flexibility index (Phi) is 10.9. The second-order valence-electron chi connectivity index (χ2n) is 8.27. The second kappa shape index (κ2) is 14.1. The summed E-state index contributed by atoms with van der Waals surface area (Å²) in [7, 11) is 2.68. The van der Waals surface area contributed by atoms with Crippen LogP contribution in [-0.2, 0) is 35.1 Å². The molecule has 0 bridgehead atoms. The molecule has 0 aliphatic heterocycles. The van der Waals surface area contributed by atoms with Crippen LogP contribution in [0.2, 0.25) is 10.2 Å². The minimum absolute atomic E-state index is 0.0303. The third-order valence-corrected chi connectivity index (χ3v) is 6.25. The van der Waals surface area contributed by atoms with E-state index in [1.54, 1.807) is 12.1 Å². The van der Waals surface area contributed by atoms with Crippen molar-refractivity contribution in [2.45, 2.75) is 32.2 Å². The Balaban J connectivity index is 2.05. The summed E-state index contributed by atoms with van der Waals surface area (Å²) >= 11 is 12.0. The lowest BCUT2D eigenvalue weighted by molar-refractivity contribution is -0.143. The van der Waals surface area contributed by atoms with Gasteiger partial charge in [0.1, 0.15) is 23.3 Å². The summed E-state index contributed by atoms with van der Waals surface area (Å²) in [5.74, 6) is -2.71. The number of rotatable bonds is 11.